The molecular weight excluding hydrogens is 388 g/mol. The smallest absolute Gasteiger partial charge is 0.353 e. The van der Waals surface area contributed by atoms with Crippen LogP contribution in [0.25, 0.3) is 0 Å². The highest BCUT2D eigenvalue weighted by Gasteiger charge is 2.60. The molecule has 3 aliphatic rings. The molecule has 0 aromatic heterocycles. The SMILES string of the molecule is C[C@@H](O)[C@H]1C(=O)N2C(C(=O)O)=C(S[C@H]3C[C@@H](C(=O)N(C)C)N(N=O)C3)[C@H](C)[C@H]12. The summed E-state index contributed by atoms with van der Waals surface area (Å²) >= 11 is 1.29. The number of thioether (sulfide) groups is 1. The Kier molecular flexibility index (Phi) is 5.41. The fraction of sp³-hybridized carbons (Fsp3) is 0.706. The summed E-state index contributed by atoms with van der Waals surface area (Å²) in [5, 5.41) is 23.5. The normalized spacial score (nSPS) is 32.9. The van der Waals surface area contributed by atoms with Gasteiger partial charge in [0.15, 0.2) is 0 Å². The maximum Gasteiger partial charge on any atom is 0.353 e. The van der Waals surface area contributed by atoms with E-state index < -0.39 is 24.0 Å². The summed E-state index contributed by atoms with van der Waals surface area (Å²) in [6.07, 6.45) is -0.506. The number of carbonyl (C=O) groups excluding carboxylic acids is 2. The summed E-state index contributed by atoms with van der Waals surface area (Å²) in [5.41, 5.74) is -0.0580. The van der Waals surface area contributed by atoms with E-state index in [-0.39, 0.29) is 41.3 Å². The highest BCUT2D eigenvalue weighted by molar-refractivity contribution is 8.03. The van der Waals surface area contributed by atoms with E-state index in [1.165, 1.54) is 33.5 Å². The molecule has 0 saturated carbocycles. The van der Waals surface area contributed by atoms with Crippen LogP contribution in [0.4, 0.5) is 0 Å². The summed E-state index contributed by atoms with van der Waals surface area (Å²) in [4.78, 5) is 50.9. The van der Waals surface area contributed by atoms with E-state index in [4.69, 9.17) is 0 Å². The van der Waals surface area contributed by atoms with Crippen molar-refractivity contribution in [2.75, 3.05) is 20.6 Å². The van der Waals surface area contributed by atoms with Crippen molar-refractivity contribution in [2.24, 2.45) is 17.1 Å². The second-order valence-electron chi connectivity index (χ2n) is 7.70. The van der Waals surface area contributed by atoms with E-state index in [9.17, 15) is 29.5 Å². The third-order valence-corrected chi connectivity index (χ3v) is 7.17. The zero-order chi connectivity index (χ0) is 20.9. The van der Waals surface area contributed by atoms with Gasteiger partial charge in [-0.05, 0) is 13.3 Å². The number of carboxylic acids is 1. The third kappa shape index (κ3) is 3.06. The molecule has 2 amide bonds. The van der Waals surface area contributed by atoms with Crippen LogP contribution >= 0.6 is 11.8 Å². The lowest BCUT2D eigenvalue weighted by molar-refractivity contribution is -0.163. The fourth-order valence-electron chi connectivity index (χ4n) is 4.34. The number of aliphatic carboxylic acids is 1. The average molecular weight is 412 g/mol. The molecule has 10 nitrogen and oxygen atoms in total. The summed E-state index contributed by atoms with van der Waals surface area (Å²) < 4.78 is 0. The molecule has 3 rings (SSSR count). The minimum Gasteiger partial charge on any atom is -0.477 e. The van der Waals surface area contributed by atoms with Gasteiger partial charge in [0.25, 0.3) is 0 Å². The molecule has 0 aromatic carbocycles. The van der Waals surface area contributed by atoms with E-state index in [1.807, 2.05) is 6.92 Å². The van der Waals surface area contributed by atoms with Gasteiger partial charge in [-0.25, -0.2) is 9.80 Å². The van der Waals surface area contributed by atoms with Crippen molar-refractivity contribution >= 4 is 29.5 Å². The number of aliphatic hydroxyl groups is 1. The zero-order valence-corrected chi connectivity index (χ0v) is 16.9. The van der Waals surface area contributed by atoms with Crippen molar-refractivity contribution in [2.45, 2.75) is 43.7 Å². The predicted octanol–water partition coefficient (Wildman–Crippen LogP) is 0.0858. The molecule has 11 heteroatoms. The lowest BCUT2D eigenvalue weighted by atomic mass is 9.79. The first-order valence-corrected chi connectivity index (χ1v) is 9.94. The van der Waals surface area contributed by atoms with Crippen molar-refractivity contribution < 1.29 is 24.6 Å². The van der Waals surface area contributed by atoms with Gasteiger partial charge in [0, 0.05) is 30.2 Å². The molecule has 3 aliphatic heterocycles. The van der Waals surface area contributed by atoms with Crippen molar-refractivity contribution in [3.63, 3.8) is 0 Å². The molecule has 2 fully saturated rings. The number of rotatable bonds is 6. The molecule has 0 bridgehead atoms. The van der Waals surface area contributed by atoms with Crippen molar-refractivity contribution in [3.8, 4) is 0 Å². The van der Waals surface area contributed by atoms with Crippen LogP contribution in [0.3, 0.4) is 0 Å². The number of nitrogens with zero attached hydrogens (tertiary/aromatic N) is 4. The number of nitroso groups, excluding NO2 is 1. The summed E-state index contributed by atoms with van der Waals surface area (Å²) in [5.74, 6) is -2.69. The van der Waals surface area contributed by atoms with Crippen LogP contribution in [0.1, 0.15) is 20.3 Å². The Hall–Kier alpha value is -2.14. The van der Waals surface area contributed by atoms with Gasteiger partial charge < -0.3 is 20.0 Å². The molecule has 28 heavy (non-hydrogen) atoms. The topological polar surface area (TPSA) is 131 Å². The number of hydrogen-bond acceptors (Lipinski definition) is 7. The Morgan fingerprint density at radius 3 is 2.50 bits per heavy atom. The molecule has 0 spiro atoms. The number of β-lactam (4-membered cyclic amide) rings is 1. The molecule has 0 aliphatic carbocycles. The first-order chi connectivity index (χ1) is 13.1. The van der Waals surface area contributed by atoms with E-state index in [2.05, 4.69) is 5.29 Å². The van der Waals surface area contributed by atoms with Crippen LogP contribution in [-0.4, -0.2) is 86.9 Å². The number of amides is 2. The van der Waals surface area contributed by atoms with Crippen LogP contribution in [0.2, 0.25) is 0 Å². The van der Waals surface area contributed by atoms with Crippen molar-refractivity contribution in [1.82, 2.24) is 14.8 Å². The van der Waals surface area contributed by atoms with Gasteiger partial charge in [-0.3, -0.25) is 9.59 Å². The second kappa shape index (κ2) is 7.36. The summed E-state index contributed by atoms with van der Waals surface area (Å²) in [6.45, 7) is 3.59. The Labute approximate surface area is 166 Å². The number of aliphatic hydroxyl groups excluding tert-OH is 1. The maximum atomic E-state index is 12.4. The van der Waals surface area contributed by atoms with Crippen LogP contribution in [0.5, 0.6) is 0 Å². The second-order valence-corrected chi connectivity index (χ2v) is 9.04. The Morgan fingerprint density at radius 1 is 1.36 bits per heavy atom. The van der Waals surface area contributed by atoms with Crippen LogP contribution in [-0.2, 0) is 14.4 Å². The number of likely N-dealkylation sites (N-methyl/N-ethyl adjacent to an activating group) is 1. The largest absolute Gasteiger partial charge is 0.477 e. The average Bonchev–Trinajstić information content (AvgIpc) is 3.12. The van der Waals surface area contributed by atoms with Crippen LogP contribution < -0.4 is 0 Å². The molecule has 2 N–H and O–H groups in total. The third-order valence-electron chi connectivity index (χ3n) is 5.67. The molecule has 0 radical (unpaired) electrons. The van der Waals surface area contributed by atoms with Crippen LogP contribution in [0, 0.1) is 16.7 Å². The first-order valence-electron chi connectivity index (χ1n) is 9.06. The Balaban J connectivity index is 1.84. The highest BCUT2D eigenvalue weighted by atomic mass is 32.2. The lowest BCUT2D eigenvalue weighted by Gasteiger charge is -2.46. The maximum absolute atomic E-state index is 12.4. The van der Waals surface area contributed by atoms with E-state index in [0.717, 1.165) is 0 Å². The zero-order valence-electron chi connectivity index (χ0n) is 16.1. The minimum absolute atomic E-state index is 0.0580. The standard InChI is InChI=1S/C17H24N4O6S/c1-7-12-11(8(2)22)16(24)21(12)13(17(25)26)14(7)28-9-5-10(15(23)19(3)4)20(6-9)18-27/h7-12,22H,5-6H2,1-4H3,(H,25,26)/t7-,8-,9+,10+,11-,12-/m1/s1. The Bertz CT molecular complexity index is 754. The van der Waals surface area contributed by atoms with E-state index in [0.29, 0.717) is 11.3 Å². The van der Waals surface area contributed by atoms with Gasteiger partial charge in [-0.2, -0.15) is 0 Å². The van der Waals surface area contributed by atoms with Crippen LogP contribution in [0.15, 0.2) is 15.9 Å². The molecule has 154 valence electrons. The van der Waals surface area contributed by atoms with Gasteiger partial charge in [-0.1, -0.05) is 6.92 Å². The quantitative estimate of drug-likeness (QED) is 0.463. The van der Waals surface area contributed by atoms with E-state index >= 15 is 0 Å². The van der Waals surface area contributed by atoms with Gasteiger partial charge >= 0.3 is 5.97 Å². The summed E-state index contributed by atoms with van der Waals surface area (Å²) in [7, 11) is 3.20. The Morgan fingerprint density at radius 2 is 2.00 bits per heavy atom. The number of fused-ring (bicyclic) bond motifs is 1. The summed E-state index contributed by atoms with van der Waals surface area (Å²) in [6, 6.07) is -1.07. The number of hydrogen-bond donors (Lipinski definition) is 2. The highest BCUT2D eigenvalue weighted by Crippen LogP contribution is 2.52. The number of carboxylic acid groups (broad SMARTS) is 1. The molecule has 0 unspecified atom stereocenters. The molecule has 0 aromatic rings. The van der Waals surface area contributed by atoms with Crippen molar-refractivity contribution in [3.05, 3.63) is 15.5 Å². The molecule has 3 heterocycles. The minimum atomic E-state index is -1.20. The van der Waals surface area contributed by atoms with Gasteiger partial charge in [0.05, 0.1) is 29.9 Å². The molecule has 6 atom stereocenters. The van der Waals surface area contributed by atoms with Gasteiger partial charge in [0.2, 0.25) is 11.8 Å². The number of carbonyl (C=O) groups is 3. The van der Waals surface area contributed by atoms with Gasteiger partial charge in [-0.15, -0.1) is 16.7 Å². The van der Waals surface area contributed by atoms with Gasteiger partial charge in [0.1, 0.15) is 11.7 Å². The monoisotopic (exact) mass is 412 g/mol. The molecular formula is C17H24N4O6S. The first kappa shape index (κ1) is 20.6. The van der Waals surface area contributed by atoms with E-state index in [1.54, 1.807) is 14.1 Å². The lowest BCUT2D eigenvalue weighted by Crippen LogP contribution is -2.63. The van der Waals surface area contributed by atoms with Crippen molar-refractivity contribution in [1.29, 1.82) is 0 Å². The predicted molar refractivity (Wildman–Crippen MR) is 101 cm³/mol. The molecule has 2 saturated heterocycles. The fourth-order valence-corrected chi connectivity index (χ4v) is 5.86.